The molecule has 0 aromatic carbocycles. The molecule has 19 heavy (non-hydrogen) atoms. The second-order valence-electron chi connectivity index (χ2n) is 4.39. The number of rotatable bonds is 3. The molecule has 0 radical (unpaired) electrons. The zero-order valence-corrected chi connectivity index (χ0v) is 11.1. The Balaban J connectivity index is 1.76. The average Bonchev–Trinajstić information content (AvgIpc) is 3.12. The minimum atomic E-state index is -0.213. The Kier molecular flexibility index (Phi) is 3.52. The Labute approximate surface area is 115 Å². The lowest BCUT2D eigenvalue weighted by atomic mass is 10.1. The van der Waals surface area contributed by atoms with E-state index in [0.717, 1.165) is 25.1 Å². The normalized spacial score (nSPS) is 18.4. The minimum absolute atomic E-state index is 0.213. The van der Waals surface area contributed by atoms with Crippen molar-refractivity contribution in [2.24, 2.45) is 0 Å². The number of hydrogen-bond acceptors (Lipinski definition) is 5. The molecule has 2 aromatic heterocycles. The molecule has 2 aromatic rings. The summed E-state index contributed by atoms with van der Waals surface area (Å²) < 4.78 is 0. The Hall–Kier alpha value is -1.79. The third-order valence-corrected chi connectivity index (χ3v) is 3.76. The lowest BCUT2D eigenvalue weighted by molar-refractivity contribution is 0.102. The zero-order valence-electron chi connectivity index (χ0n) is 10.3. The van der Waals surface area contributed by atoms with E-state index in [1.54, 1.807) is 12.3 Å². The monoisotopic (exact) mass is 274 g/mol. The Morgan fingerprint density at radius 1 is 1.47 bits per heavy atom. The third kappa shape index (κ3) is 2.80. The Morgan fingerprint density at radius 2 is 2.42 bits per heavy atom. The van der Waals surface area contributed by atoms with Crippen molar-refractivity contribution in [2.45, 2.75) is 18.9 Å². The molecule has 1 aliphatic heterocycles. The maximum atomic E-state index is 12.1. The summed E-state index contributed by atoms with van der Waals surface area (Å²) in [6.45, 7) is 1.02. The number of carbonyl (C=O) groups excluding carboxylic acids is 1. The van der Waals surface area contributed by atoms with Gasteiger partial charge in [-0.05, 0) is 31.5 Å². The van der Waals surface area contributed by atoms with Crippen LogP contribution in [-0.2, 0) is 0 Å². The highest BCUT2D eigenvalue weighted by Crippen LogP contribution is 2.21. The van der Waals surface area contributed by atoms with Gasteiger partial charge in [-0.25, -0.2) is 9.97 Å². The van der Waals surface area contributed by atoms with Gasteiger partial charge in [-0.15, -0.1) is 11.3 Å². The predicted molar refractivity (Wildman–Crippen MR) is 74.3 cm³/mol. The molecule has 2 N–H and O–H groups in total. The number of anilines is 1. The third-order valence-electron chi connectivity index (χ3n) is 3.07. The number of nitrogens with zero attached hydrogens (tertiary/aromatic N) is 2. The molecule has 1 aliphatic rings. The topological polar surface area (TPSA) is 66.9 Å². The highest BCUT2D eigenvalue weighted by Gasteiger charge is 2.18. The van der Waals surface area contributed by atoms with Gasteiger partial charge >= 0.3 is 0 Å². The highest BCUT2D eigenvalue weighted by molar-refractivity contribution is 7.13. The molecule has 6 heteroatoms. The van der Waals surface area contributed by atoms with Gasteiger partial charge < -0.3 is 5.32 Å². The van der Waals surface area contributed by atoms with Crippen LogP contribution in [0.3, 0.4) is 0 Å². The Morgan fingerprint density at radius 3 is 3.16 bits per heavy atom. The van der Waals surface area contributed by atoms with Crippen LogP contribution in [0, 0.1) is 0 Å². The van der Waals surface area contributed by atoms with Gasteiger partial charge in [0.05, 0.1) is 5.69 Å². The van der Waals surface area contributed by atoms with Crippen molar-refractivity contribution in [3.63, 3.8) is 0 Å². The number of aromatic nitrogens is 2. The summed E-state index contributed by atoms with van der Waals surface area (Å²) in [5, 5.41) is 8.54. The SMILES string of the molecule is O=C(Nc1nccs1)c1cccc([C@@H]2CCCN2)n1. The molecule has 0 unspecified atom stereocenters. The van der Waals surface area contributed by atoms with Gasteiger partial charge in [-0.3, -0.25) is 10.1 Å². The quantitative estimate of drug-likeness (QED) is 0.900. The largest absolute Gasteiger partial charge is 0.309 e. The van der Waals surface area contributed by atoms with Gasteiger partial charge in [0.25, 0.3) is 5.91 Å². The molecule has 0 saturated carbocycles. The van der Waals surface area contributed by atoms with E-state index < -0.39 is 0 Å². The second kappa shape index (κ2) is 5.46. The molecular formula is C13H14N4OS. The number of carbonyl (C=O) groups is 1. The molecule has 0 aliphatic carbocycles. The van der Waals surface area contributed by atoms with Crippen molar-refractivity contribution in [3.05, 3.63) is 41.2 Å². The van der Waals surface area contributed by atoms with Crippen LogP contribution in [0.2, 0.25) is 0 Å². The minimum Gasteiger partial charge on any atom is -0.309 e. The van der Waals surface area contributed by atoms with E-state index in [0.29, 0.717) is 10.8 Å². The molecule has 5 nitrogen and oxygen atoms in total. The summed E-state index contributed by atoms with van der Waals surface area (Å²) >= 11 is 1.39. The number of hydrogen-bond donors (Lipinski definition) is 2. The van der Waals surface area contributed by atoms with Gasteiger partial charge in [-0.2, -0.15) is 0 Å². The van der Waals surface area contributed by atoms with Crippen molar-refractivity contribution in [1.82, 2.24) is 15.3 Å². The first kappa shape index (κ1) is 12.3. The number of pyridine rings is 1. The molecule has 1 atom stereocenters. The molecular weight excluding hydrogens is 260 g/mol. The van der Waals surface area contributed by atoms with Crippen molar-refractivity contribution < 1.29 is 4.79 Å². The summed E-state index contributed by atoms with van der Waals surface area (Å²) in [5.41, 5.74) is 1.37. The number of thiazole rings is 1. The molecule has 0 bridgehead atoms. The van der Waals surface area contributed by atoms with Crippen LogP contribution in [0.25, 0.3) is 0 Å². The van der Waals surface area contributed by atoms with Crippen LogP contribution in [-0.4, -0.2) is 22.4 Å². The Bertz CT molecular complexity index is 564. The average molecular weight is 274 g/mol. The predicted octanol–water partition coefficient (Wildman–Crippen LogP) is 2.21. The summed E-state index contributed by atoms with van der Waals surface area (Å²) in [5.74, 6) is -0.213. The van der Waals surface area contributed by atoms with E-state index in [1.165, 1.54) is 11.3 Å². The van der Waals surface area contributed by atoms with Crippen LogP contribution in [0.1, 0.15) is 35.1 Å². The van der Waals surface area contributed by atoms with Gasteiger partial charge in [-0.1, -0.05) is 6.07 Å². The fourth-order valence-electron chi connectivity index (χ4n) is 2.16. The van der Waals surface area contributed by atoms with Crippen LogP contribution in [0.5, 0.6) is 0 Å². The molecule has 0 spiro atoms. The van der Waals surface area contributed by atoms with Gasteiger partial charge in [0, 0.05) is 17.6 Å². The first-order chi connectivity index (χ1) is 9.33. The van der Waals surface area contributed by atoms with Gasteiger partial charge in [0.2, 0.25) is 0 Å². The zero-order chi connectivity index (χ0) is 13.1. The smallest absolute Gasteiger partial charge is 0.276 e. The summed E-state index contributed by atoms with van der Waals surface area (Å²) in [7, 11) is 0. The molecule has 98 valence electrons. The van der Waals surface area contributed by atoms with Gasteiger partial charge in [0.15, 0.2) is 5.13 Å². The fraction of sp³-hybridized carbons (Fsp3) is 0.308. The summed E-state index contributed by atoms with van der Waals surface area (Å²) in [6.07, 6.45) is 3.89. The first-order valence-corrected chi connectivity index (χ1v) is 7.12. The van der Waals surface area contributed by atoms with E-state index >= 15 is 0 Å². The lowest BCUT2D eigenvalue weighted by Gasteiger charge is -2.10. The number of amides is 1. The standard InChI is InChI=1S/C13H14N4OS/c18-12(17-13-15-7-8-19-13)11-4-1-3-10(16-11)9-5-2-6-14-9/h1,3-4,7-9,14H,2,5-6H2,(H,15,17,18)/t9-/m0/s1. The van der Waals surface area contributed by atoms with E-state index in [1.807, 2.05) is 17.5 Å². The van der Waals surface area contributed by atoms with Crippen LogP contribution < -0.4 is 10.6 Å². The van der Waals surface area contributed by atoms with Crippen LogP contribution in [0.15, 0.2) is 29.8 Å². The fourth-order valence-corrected chi connectivity index (χ4v) is 2.68. The molecule has 1 saturated heterocycles. The molecule has 3 heterocycles. The molecule has 1 fully saturated rings. The lowest BCUT2D eigenvalue weighted by Crippen LogP contribution is -2.18. The van der Waals surface area contributed by atoms with Crippen LogP contribution in [0.4, 0.5) is 5.13 Å². The maximum Gasteiger partial charge on any atom is 0.276 e. The molecule has 3 rings (SSSR count). The van der Waals surface area contributed by atoms with Crippen molar-refractivity contribution in [2.75, 3.05) is 11.9 Å². The van der Waals surface area contributed by atoms with E-state index in [2.05, 4.69) is 20.6 Å². The van der Waals surface area contributed by atoms with Crippen molar-refractivity contribution in [1.29, 1.82) is 0 Å². The van der Waals surface area contributed by atoms with Gasteiger partial charge in [0.1, 0.15) is 5.69 Å². The maximum absolute atomic E-state index is 12.1. The summed E-state index contributed by atoms with van der Waals surface area (Å²) in [6, 6.07) is 5.83. The van der Waals surface area contributed by atoms with Crippen molar-refractivity contribution >= 4 is 22.4 Å². The van der Waals surface area contributed by atoms with Crippen molar-refractivity contribution in [3.8, 4) is 0 Å². The molecule has 1 amide bonds. The van der Waals surface area contributed by atoms with Crippen LogP contribution >= 0.6 is 11.3 Å². The second-order valence-corrected chi connectivity index (χ2v) is 5.28. The summed E-state index contributed by atoms with van der Waals surface area (Å²) in [4.78, 5) is 20.5. The van der Waals surface area contributed by atoms with E-state index in [-0.39, 0.29) is 11.9 Å². The highest BCUT2D eigenvalue weighted by atomic mass is 32.1. The number of nitrogens with one attached hydrogen (secondary N) is 2. The van der Waals surface area contributed by atoms with E-state index in [4.69, 9.17) is 0 Å². The van der Waals surface area contributed by atoms with E-state index in [9.17, 15) is 4.79 Å². The first-order valence-electron chi connectivity index (χ1n) is 6.24.